The molecule has 0 unspecified atom stereocenters. The number of benzene rings is 1. The van der Waals surface area contributed by atoms with Gasteiger partial charge < -0.3 is 5.32 Å². The fourth-order valence-electron chi connectivity index (χ4n) is 4.42. The van der Waals surface area contributed by atoms with E-state index in [-0.39, 0.29) is 5.91 Å². The van der Waals surface area contributed by atoms with Crippen molar-refractivity contribution in [2.75, 3.05) is 18.4 Å². The number of nitrogens with one attached hydrogen (secondary N) is 1. The average molecular weight is 386 g/mol. The molecule has 0 spiro atoms. The predicted octanol–water partition coefficient (Wildman–Crippen LogP) is 5.44. The quantitative estimate of drug-likeness (QED) is 0.746. The van der Waals surface area contributed by atoms with Crippen LogP contribution in [0, 0.1) is 11.8 Å². The van der Waals surface area contributed by atoms with Crippen LogP contribution in [0.2, 0.25) is 0 Å². The molecule has 1 saturated carbocycles. The van der Waals surface area contributed by atoms with E-state index < -0.39 is 0 Å². The first-order valence-corrected chi connectivity index (χ1v) is 11.4. The topological polar surface area (TPSA) is 45.2 Å². The maximum atomic E-state index is 12.4. The van der Waals surface area contributed by atoms with Crippen molar-refractivity contribution < 1.29 is 4.79 Å². The number of likely N-dealkylation sites (tertiary alicyclic amines) is 1. The molecule has 1 N–H and O–H groups in total. The monoisotopic (exact) mass is 385 g/mol. The smallest absolute Gasteiger partial charge is 0.226 e. The fourth-order valence-corrected chi connectivity index (χ4v) is 5.37. The van der Waals surface area contributed by atoms with Crippen LogP contribution in [-0.2, 0) is 11.3 Å². The highest BCUT2D eigenvalue weighted by atomic mass is 32.1. The van der Waals surface area contributed by atoms with Crippen molar-refractivity contribution in [1.82, 2.24) is 9.88 Å². The molecule has 2 fully saturated rings. The predicted molar refractivity (Wildman–Crippen MR) is 113 cm³/mol. The summed E-state index contributed by atoms with van der Waals surface area (Å²) in [6.45, 7) is 5.77. The second kappa shape index (κ2) is 8.70. The van der Waals surface area contributed by atoms with Gasteiger partial charge in [-0.1, -0.05) is 43.6 Å². The Bertz CT molecular complexity index is 773. The van der Waals surface area contributed by atoms with E-state index in [0.717, 1.165) is 23.1 Å². The van der Waals surface area contributed by atoms with Gasteiger partial charge in [0.15, 0.2) is 5.13 Å². The summed E-state index contributed by atoms with van der Waals surface area (Å²) in [6, 6.07) is 6.54. The molecule has 0 atom stereocenters. The van der Waals surface area contributed by atoms with Crippen LogP contribution >= 0.6 is 11.3 Å². The molecule has 2 aliphatic rings. The zero-order valence-corrected chi connectivity index (χ0v) is 17.2. The number of nitrogens with zero attached hydrogens (tertiary/aromatic N) is 2. The Labute approximate surface area is 166 Å². The molecule has 0 bridgehead atoms. The van der Waals surface area contributed by atoms with Crippen LogP contribution in [-0.4, -0.2) is 28.9 Å². The maximum Gasteiger partial charge on any atom is 0.226 e. The normalized spacial score (nSPS) is 20.2. The van der Waals surface area contributed by atoms with Crippen molar-refractivity contribution >= 4 is 32.6 Å². The first-order valence-electron chi connectivity index (χ1n) is 10.6. The molecule has 4 rings (SSSR count). The third-order valence-corrected chi connectivity index (χ3v) is 7.11. The molecule has 4 nitrogen and oxygen atoms in total. The Morgan fingerprint density at radius 1 is 1.19 bits per heavy atom. The molecule has 1 saturated heterocycles. The largest absolute Gasteiger partial charge is 0.302 e. The van der Waals surface area contributed by atoms with E-state index in [4.69, 9.17) is 0 Å². The lowest BCUT2D eigenvalue weighted by Gasteiger charge is -2.30. The number of carbonyl (C=O) groups is 1. The van der Waals surface area contributed by atoms with Gasteiger partial charge in [-0.2, -0.15) is 0 Å². The van der Waals surface area contributed by atoms with Crippen LogP contribution in [0.4, 0.5) is 5.13 Å². The number of fused-ring (bicyclic) bond motifs is 1. The SMILES string of the molecule is CC1CCN(Cc2ccc3nc(NC(=O)CC4CCCCC4)sc3c2)CC1. The summed E-state index contributed by atoms with van der Waals surface area (Å²) in [4.78, 5) is 19.5. The molecule has 2 aromatic rings. The van der Waals surface area contributed by atoms with E-state index in [9.17, 15) is 4.79 Å². The molecule has 2 heterocycles. The van der Waals surface area contributed by atoms with E-state index >= 15 is 0 Å². The summed E-state index contributed by atoms with van der Waals surface area (Å²) in [5.74, 6) is 1.56. The van der Waals surface area contributed by atoms with E-state index in [0.29, 0.717) is 12.3 Å². The highest BCUT2D eigenvalue weighted by Gasteiger charge is 2.19. The van der Waals surface area contributed by atoms with Gasteiger partial charge in [-0.25, -0.2) is 4.98 Å². The van der Waals surface area contributed by atoms with Gasteiger partial charge in [-0.3, -0.25) is 9.69 Å². The van der Waals surface area contributed by atoms with Crippen LogP contribution in [0.25, 0.3) is 10.2 Å². The maximum absolute atomic E-state index is 12.4. The van der Waals surface area contributed by atoms with Crippen molar-refractivity contribution in [3.8, 4) is 0 Å². The summed E-state index contributed by atoms with van der Waals surface area (Å²) in [7, 11) is 0. The van der Waals surface area contributed by atoms with Crippen LogP contribution in [0.1, 0.15) is 63.9 Å². The lowest BCUT2D eigenvalue weighted by molar-refractivity contribution is -0.117. The van der Waals surface area contributed by atoms with Gasteiger partial charge in [-0.05, 0) is 68.3 Å². The van der Waals surface area contributed by atoms with E-state index in [2.05, 4.69) is 40.3 Å². The number of carbonyl (C=O) groups excluding carboxylic acids is 1. The fraction of sp³-hybridized carbons (Fsp3) is 0.636. The molecule has 1 aromatic heterocycles. The summed E-state index contributed by atoms with van der Waals surface area (Å²) in [5.41, 5.74) is 2.34. The Kier molecular flexibility index (Phi) is 6.08. The number of amides is 1. The number of hydrogen-bond acceptors (Lipinski definition) is 4. The molecular weight excluding hydrogens is 354 g/mol. The number of aromatic nitrogens is 1. The number of hydrogen-bond donors (Lipinski definition) is 1. The van der Waals surface area contributed by atoms with Crippen LogP contribution < -0.4 is 5.32 Å². The van der Waals surface area contributed by atoms with Gasteiger partial charge in [0.25, 0.3) is 0 Å². The minimum absolute atomic E-state index is 0.128. The Morgan fingerprint density at radius 2 is 1.96 bits per heavy atom. The Balaban J connectivity index is 1.36. The number of thiazole rings is 1. The first kappa shape index (κ1) is 18.9. The molecule has 1 aliphatic carbocycles. The second-order valence-corrected chi connectivity index (χ2v) is 9.57. The molecule has 5 heteroatoms. The zero-order chi connectivity index (χ0) is 18.6. The molecule has 1 aromatic carbocycles. The van der Waals surface area contributed by atoms with Crippen molar-refractivity contribution in [3.63, 3.8) is 0 Å². The molecule has 27 heavy (non-hydrogen) atoms. The van der Waals surface area contributed by atoms with Gasteiger partial charge in [-0.15, -0.1) is 0 Å². The lowest BCUT2D eigenvalue weighted by atomic mass is 9.87. The second-order valence-electron chi connectivity index (χ2n) is 8.54. The van der Waals surface area contributed by atoms with Crippen molar-refractivity contribution in [2.24, 2.45) is 11.8 Å². The number of piperidine rings is 1. The van der Waals surface area contributed by atoms with E-state index in [1.165, 1.54) is 68.3 Å². The average Bonchev–Trinajstić information content (AvgIpc) is 3.05. The first-order chi connectivity index (χ1) is 13.2. The standard InChI is InChI=1S/C22H31N3OS/c1-16-9-11-25(12-10-16)15-18-7-8-19-20(13-18)27-22(23-19)24-21(26)14-17-5-3-2-4-6-17/h7-8,13,16-17H,2-6,9-12,14-15H2,1H3,(H,23,24,26). The van der Waals surface area contributed by atoms with Gasteiger partial charge in [0.1, 0.15) is 0 Å². The van der Waals surface area contributed by atoms with Crippen LogP contribution in [0.5, 0.6) is 0 Å². The van der Waals surface area contributed by atoms with Crippen molar-refractivity contribution in [3.05, 3.63) is 23.8 Å². The van der Waals surface area contributed by atoms with Crippen LogP contribution in [0.3, 0.4) is 0 Å². The summed E-state index contributed by atoms with van der Waals surface area (Å²) in [6.07, 6.45) is 9.54. The summed E-state index contributed by atoms with van der Waals surface area (Å²) >= 11 is 1.60. The van der Waals surface area contributed by atoms with Crippen LogP contribution in [0.15, 0.2) is 18.2 Å². The van der Waals surface area contributed by atoms with Gasteiger partial charge >= 0.3 is 0 Å². The van der Waals surface area contributed by atoms with Gasteiger partial charge in [0, 0.05) is 13.0 Å². The van der Waals surface area contributed by atoms with E-state index in [1.807, 2.05) is 0 Å². The lowest BCUT2D eigenvalue weighted by Crippen LogP contribution is -2.32. The van der Waals surface area contributed by atoms with Crippen molar-refractivity contribution in [2.45, 2.75) is 64.8 Å². The van der Waals surface area contributed by atoms with Crippen molar-refractivity contribution in [1.29, 1.82) is 0 Å². The third-order valence-electron chi connectivity index (χ3n) is 6.18. The molecule has 0 radical (unpaired) electrons. The van der Waals surface area contributed by atoms with Gasteiger partial charge in [0.05, 0.1) is 10.2 Å². The zero-order valence-electron chi connectivity index (χ0n) is 16.4. The summed E-state index contributed by atoms with van der Waals surface area (Å²) < 4.78 is 1.17. The molecule has 1 amide bonds. The summed E-state index contributed by atoms with van der Waals surface area (Å²) in [5, 5.41) is 3.79. The molecule has 146 valence electrons. The minimum Gasteiger partial charge on any atom is -0.302 e. The third kappa shape index (κ3) is 5.08. The Hall–Kier alpha value is -1.46. The Morgan fingerprint density at radius 3 is 2.74 bits per heavy atom. The highest BCUT2D eigenvalue weighted by Crippen LogP contribution is 2.30. The van der Waals surface area contributed by atoms with E-state index in [1.54, 1.807) is 11.3 Å². The number of anilines is 1. The minimum atomic E-state index is 0.128. The highest BCUT2D eigenvalue weighted by molar-refractivity contribution is 7.22. The number of rotatable bonds is 5. The molecule has 1 aliphatic heterocycles. The molecular formula is C22H31N3OS. The van der Waals surface area contributed by atoms with Gasteiger partial charge in [0.2, 0.25) is 5.91 Å².